The fourth-order valence-corrected chi connectivity index (χ4v) is 4.18. The number of aryl methyl sites for hydroxylation is 2. The lowest BCUT2D eigenvalue weighted by molar-refractivity contribution is -0.138. The van der Waals surface area contributed by atoms with E-state index in [1.165, 1.54) is 16.7 Å². The van der Waals surface area contributed by atoms with Crippen molar-refractivity contribution >= 4 is 17.5 Å². The summed E-state index contributed by atoms with van der Waals surface area (Å²) in [6, 6.07) is 13.5. The van der Waals surface area contributed by atoms with E-state index in [1.54, 1.807) is 4.90 Å². The Morgan fingerprint density at radius 2 is 1.86 bits per heavy atom. The number of amides is 2. The first-order valence-corrected chi connectivity index (χ1v) is 10.0. The zero-order valence-electron chi connectivity index (χ0n) is 16.5. The van der Waals surface area contributed by atoms with Crippen molar-refractivity contribution in [2.45, 2.75) is 51.7 Å². The van der Waals surface area contributed by atoms with Gasteiger partial charge in [0.05, 0.1) is 6.04 Å². The van der Waals surface area contributed by atoms with Crippen LogP contribution in [0.1, 0.15) is 35.1 Å². The molecule has 2 aliphatic heterocycles. The molecule has 28 heavy (non-hydrogen) atoms. The maximum absolute atomic E-state index is 13.2. The predicted molar refractivity (Wildman–Crippen MR) is 110 cm³/mol. The molecule has 0 spiro atoms. The first-order valence-electron chi connectivity index (χ1n) is 10.0. The molecule has 2 heterocycles. The molecule has 4 rings (SSSR count). The molecule has 146 valence electrons. The Morgan fingerprint density at radius 1 is 1.07 bits per heavy atom. The van der Waals surface area contributed by atoms with Crippen molar-refractivity contribution in [1.82, 2.24) is 10.2 Å². The van der Waals surface area contributed by atoms with Crippen LogP contribution in [0, 0.1) is 13.8 Å². The number of carbonyl (C=O) groups is 2. The van der Waals surface area contributed by atoms with E-state index in [1.807, 2.05) is 44.2 Å². The van der Waals surface area contributed by atoms with Gasteiger partial charge in [-0.05, 0) is 67.5 Å². The molecule has 2 aliphatic rings. The molecule has 0 bridgehead atoms. The average molecular weight is 377 g/mol. The number of carbonyl (C=O) groups excluding carboxylic acids is 2. The molecule has 5 heteroatoms. The van der Waals surface area contributed by atoms with E-state index in [9.17, 15) is 9.59 Å². The maximum Gasteiger partial charge on any atom is 0.247 e. The number of rotatable bonds is 3. The number of fused-ring (bicyclic) bond motifs is 1. The van der Waals surface area contributed by atoms with Crippen LogP contribution in [0.2, 0.25) is 0 Å². The minimum atomic E-state index is -0.395. The van der Waals surface area contributed by atoms with E-state index in [0.717, 1.165) is 17.7 Å². The van der Waals surface area contributed by atoms with Gasteiger partial charge in [-0.2, -0.15) is 0 Å². The fraction of sp³-hybridized carbons (Fsp3) is 0.391. The standard InChI is InChI=1S/C23H27N3O2/c1-15-9-10-19(12-16(15)2)25-22(27)21-8-5-11-26(21)23(28)20-13-17-6-3-4-7-18(17)14-24-20/h3-4,6-7,9-10,12,20-21,24H,5,8,11,13-14H2,1-2H3,(H,25,27). The number of hydrogen-bond donors (Lipinski definition) is 2. The van der Waals surface area contributed by atoms with Gasteiger partial charge in [0, 0.05) is 18.8 Å². The molecule has 2 aromatic rings. The Hall–Kier alpha value is -2.66. The quantitative estimate of drug-likeness (QED) is 0.865. The molecule has 0 aromatic heterocycles. The lowest BCUT2D eigenvalue weighted by Gasteiger charge is -2.31. The highest BCUT2D eigenvalue weighted by Gasteiger charge is 2.38. The van der Waals surface area contributed by atoms with E-state index in [2.05, 4.69) is 22.8 Å². The van der Waals surface area contributed by atoms with Crippen molar-refractivity contribution in [3.63, 3.8) is 0 Å². The molecule has 2 unspecified atom stereocenters. The Balaban J connectivity index is 1.45. The summed E-state index contributed by atoms with van der Waals surface area (Å²) in [4.78, 5) is 27.8. The van der Waals surface area contributed by atoms with E-state index >= 15 is 0 Å². The van der Waals surface area contributed by atoms with Gasteiger partial charge >= 0.3 is 0 Å². The zero-order valence-corrected chi connectivity index (χ0v) is 16.5. The first-order chi connectivity index (χ1) is 13.5. The molecule has 1 saturated heterocycles. The van der Waals surface area contributed by atoms with Gasteiger partial charge in [-0.1, -0.05) is 30.3 Å². The third-order valence-corrected chi connectivity index (χ3v) is 5.99. The molecule has 0 saturated carbocycles. The molecule has 2 amide bonds. The van der Waals surface area contributed by atoms with Gasteiger partial charge in [-0.3, -0.25) is 9.59 Å². The van der Waals surface area contributed by atoms with Crippen molar-refractivity contribution in [2.24, 2.45) is 0 Å². The van der Waals surface area contributed by atoms with Crippen molar-refractivity contribution in [3.05, 3.63) is 64.7 Å². The molecular weight excluding hydrogens is 350 g/mol. The number of benzene rings is 2. The highest BCUT2D eigenvalue weighted by Crippen LogP contribution is 2.24. The topological polar surface area (TPSA) is 61.4 Å². The first kappa shape index (κ1) is 18.7. The normalized spacial score (nSPS) is 21.3. The van der Waals surface area contributed by atoms with Gasteiger partial charge in [0.15, 0.2) is 0 Å². The Kier molecular flexibility index (Phi) is 5.18. The number of nitrogens with one attached hydrogen (secondary N) is 2. The predicted octanol–water partition coefficient (Wildman–Crippen LogP) is 2.95. The highest BCUT2D eigenvalue weighted by molar-refractivity contribution is 5.98. The smallest absolute Gasteiger partial charge is 0.247 e. The molecule has 2 atom stereocenters. The summed E-state index contributed by atoms with van der Waals surface area (Å²) in [7, 11) is 0. The van der Waals surface area contributed by atoms with Crippen LogP contribution in [0.4, 0.5) is 5.69 Å². The largest absolute Gasteiger partial charge is 0.329 e. The highest BCUT2D eigenvalue weighted by atomic mass is 16.2. The van der Waals surface area contributed by atoms with Gasteiger partial charge in [-0.15, -0.1) is 0 Å². The molecule has 0 aliphatic carbocycles. The van der Waals surface area contributed by atoms with Crippen LogP contribution in [-0.2, 0) is 22.6 Å². The number of nitrogens with zero attached hydrogens (tertiary/aromatic N) is 1. The van der Waals surface area contributed by atoms with Gasteiger partial charge in [0.1, 0.15) is 6.04 Å². The summed E-state index contributed by atoms with van der Waals surface area (Å²) in [5, 5.41) is 6.35. The summed E-state index contributed by atoms with van der Waals surface area (Å²) in [5.41, 5.74) is 5.59. The number of anilines is 1. The van der Waals surface area contributed by atoms with Crippen LogP contribution >= 0.6 is 0 Å². The monoisotopic (exact) mass is 377 g/mol. The van der Waals surface area contributed by atoms with Crippen LogP contribution in [0.15, 0.2) is 42.5 Å². The molecule has 0 radical (unpaired) electrons. The molecule has 2 aromatic carbocycles. The minimum Gasteiger partial charge on any atom is -0.329 e. The van der Waals surface area contributed by atoms with Gasteiger partial charge in [-0.25, -0.2) is 0 Å². The third kappa shape index (κ3) is 3.67. The second-order valence-corrected chi connectivity index (χ2v) is 7.88. The number of likely N-dealkylation sites (tertiary alicyclic amines) is 1. The van der Waals surface area contributed by atoms with Gasteiger partial charge in [0.25, 0.3) is 0 Å². The summed E-state index contributed by atoms with van der Waals surface area (Å²) in [5.74, 6) is -0.0578. The average Bonchev–Trinajstić information content (AvgIpc) is 3.20. The molecular formula is C23H27N3O2. The van der Waals surface area contributed by atoms with E-state index in [4.69, 9.17) is 0 Å². The summed E-state index contributed by atoms with van der Waals surface area (Å²) in [6.07, 6.45) is 2.25. The van der Waals surface area contributed by atoms with Crippen molar-refractivity contribution < 1.29 is 9.59 Å². The molecule has 5 nitrogen and oxygen atoms in total. The fourth-order valence-electron chi connectivity index (χ4n) is 4.18. The van der Waals surface area contributed by atoms with Crippen molar-refractivity contribution in [3.8, 4) is 0 Å². The van der Waals surface area contributed by atoms with E-state index in [0.29, 0.717) is 25.9 Å². The molecule has 1 fully saturated rings. The summed E-state index contributed by atoms with van der Waals surface area (Å²) < 4.78 is 0. The molecule has 2 N–H and O–H groups in total. The van der Waals surface area contributed by atoms with Crippen molar-refractivity contribution in [1.29, 1.82) is 0 Å². The van der Waals surface area contributed by atoms with Crippen LogP contribution in [0.25, 0.3) is 0 Å². The van der Waals surface area contributed by atoms with Gasteiger partial charge < -0.3 is 15.5 Å². The third-order valence-electron chi connectivity index (χ3n) is 5.99. The SMILES string of the molecule is Cc1ccc(NC(=O)C2CCCN2C(=O)C2Cc3ccccc3CN2)cc1C. The lowest BCUT2D eigenvalue weighted by Crippen LogP contribution is -2.53. The maximum atomic E-state index is 13.2. The van der Waals surface area contributed by atoms with Crippen LogP contribution in [0.5, 0.6) is 0 Å². The van der Waals surface area contributed by atoms with Crippen LogP contribution in [-0.4, -0.2) is 35.3 Å². The van der Waals surface area contributed by atoms with E-state index in [-0.39, 0.29) is 17.9 Å². The minimum absolute atomic E-state index is 0.0345. The van der Waals surface area contributed by atoms with E-state index < -0.39 is 6.04 Å². The van der Waals surface area contributed by atoms with Crippen molar-refractivity contribution in [2.75, 3.05) is 11.9 Å². The second-order valence-electron chi connectivity index (χ2n) is 7.88. The van der Waals surface area contributed by atoms with Gasteiger partial charge in [0.2, 0.25) is 11.8 Å². The van der Waals surface area contributed by atoms with Crippen LogP contribution in [0.3, 0.4) is 0 Å². The summed E-state index contributed by atoms with van der Waals surface area (Å²) >= 11 is 0. The van der Waals surface area contributed by atoms with Crippen LogP contribution < -0.4 is 10.6 Å². The number of hydrogen-bond acceptors (Lipinski definition) is 3. The Morgan fingerprint density at radius 3 is 2.64 bits per heavy atom. The lowest BCUT2D eigenvalue weighted by atomic mass is 9.95. The second kappa shape index (κ2) is 7.76. The zero-order chi connectivity index (χ0) is 19.7. The summed E-state index contributed by atoms with van der Waals surface area (Å²) in [6.45, 7) is 5.42. The Bertz CT molecular complexity index is 908. The Labute approximate surface area is 166 Å².